The predicted octanol–water partition coefficient (Wildman–Crippen LogP) is 1.62. The minimum absolute atomic E-state index is 0.101. The van der Waals surface area contributed by atoms with Crippen molar-refractivity contribution in [3.8, 4) is 5.69 Å². The maximum Gasteiger partial charge on any atom is 0.340 e. The Kier molecular flexibility index (Phi) is 3.65. The van der Waals surface area contributed by atoms with E-state index in [1.807, 2.05) is 0 Å². The van der Waals surface area contributed by atoms with Crippen LogP contribution in [0.25, 0.3) is 5.69 Å². The normalized spacial score (nSPS) is 10.6. The topological polar surface area (TPSA) is 95.9 Å². The Balaban J connectivity index is 1.82. The molecule has 0 bridgehead atoms. The fourth-order valence-corrected chi connectivity index (χ4v) is 2.04. The first-order valence-corrected chi connectivity index (χ1v) is 6.58. The summed E-state index contributed by atoms with van der Waals surface area (Å²) in [6, 6.07) is 6.94. The number of hydrogen-bond acceptors (Lipinski definition) is 7. The van der Waals surface area contributed by atoms with Crippen LogP contribution in [0.4, 0.5) is 0 Å². The van der Waals surface area contributed by atoms with Gasteiger partial charge in [-0.15, -0.1) is 5.10 Å². The Morgan fingerprint density at radius 3 is 2.82 bits per heavy atom. The van der Waals surface area contributed by atoms with Crippen LogP contribution in [-0.2, 0) is 11.3 Å². The van der Waals surface area contributed by atoms with Crippen LogP contribution in [0.15, 0.2) is 35.1 Å². The third-order valence-electron chi connectivity index (χ3n) is 3.25. The zero-order valence-electron chi connectivity index (χ0n) is 12.1. The molecule has 0 spiro atoms. The number of aryl methyl sites for hydroxylation is 2. The van der Waals surface area contributed by atoms with Crippen LogP contribution in [0, 0.1) is 13.8 Å². The largest absolute Gasteiger partial charge is 0.457 e. The fraction of sp³-hybridized carbons (Fsp3) is 0.214. The van der Waals surface area contributed by atoms with Gasteiger partial charge in [-0.2, -0.15) is 4.68 Å². The van der Waals surface area contributed by atoms with Gasteiger partial charge in [0.2, 0.25) is 0 Å². The second-order valence-electron chi connectivity index (χ2n) is 4.65. The number of carbonyl (C=O) groups excluding carboxylic acids is 1. The lowest BCUT2D eigenvalue weighted by atomic mass is 10.2. The van der Waals surface area contributed by atoms with Gasteiger partial charge in [-0.05, 0) is 36.4 Å². The van der Waals surface area contributed by atoms with Gasteiger partial charge in [-0.25, -0.2) is 4.79 Å². The summed E-state index contributed by atoms with van der Waals surface area (Å²) in [5.41, 5.74) is 2.41. The summed E-state index contributed by atoms with van der Waals surface area (Å²) >= 11 is 0. The lowest BCUT2D eigenvalue weighted by Gasteiger charge is -2.08. The van der Waals surface area contributed by atoms with Gasteiger partial charge in [0.05, 0.1) is 22.5 Å². The SMILES string of the molecule is Cc1noc(C)c1COC(=O)c1ccccc1-n1cnnn1. The number of aromatic nitrogens is 5. The van der Waals surface area contributed by atoms with E-state index in [-0.39, 0.29) is 6.61 Å². The lowest BCUT2D eigenvalue weighted by molar-refractivity contribution is 0.0470. The van der Waals surface area contributed by atoms with Crippen LogP contribution in [0.3, 0.4) is 0 Å². The van der Waals surface area contributed by atoms with Crippen LogP contribution in [0.1, 0.15) is 27.4 Å². The molecule has 0 fully saturated rings. The summed E-state index contributed by atoms with van der Waals surface area (Å²) in [6.45, 7) is 3.68. The predicted molar refractivity (Wildman–Crippen MR) is 74.3 cm³/mol. The van der Waals surface area contributed by atoms with E-state index in [0.29, 0.717) is 22.7 Å². The van der Waals surface area contributed by atoms with Gasteiger partial charge in [-0.1, -0.05) is 17.3 Å². The van der Waals surface area contributed by atoms with E-state index in [1.165, 1.54) is 11.0 Å². The standard InChI is InChI=1S/C14H13N5O3/c1-9-12(10(2)22-16-9)7-21-14(20)11-5-3-4-6-13(11)19-8-15-17-18-19/h3-6,8H,7H2,1-2H3. The van der Waals surface area contributed by atoms with Gasteiger partial charge in [0, 0.05) is 0 Å². The molecule has 8 heteroatoms. The second-order valence-corrected chi connectivity index (χ2v) is 4.65. The quantitative estimate of drug-likeness (QED) is 0.675. The molecule has 112 valence electrons. The highest BCUT2D eigenvalue weighted by molar-refractivity contribution is 5.93. The van der Waals surface area contributed by atoms with Crippen LogP contribution < -0.4 is 0 Å². The maximum absolute atomic E-state index is 12.3. The first kappa shape index (κ1) is 13.9. The summed E-state index contributed by atoms with van der Waals surface area (Å²) in [4.78, 5) is 12.3. The number of para-hydroxylation sites is 1. The fourth-order valence-electron chi connectivity index (χ4n) is 2.04. The van der Waals surface area contributed by atoms with E-state index in [4.69, 9.17) is 9.26 Å². The third-order valence-corrected chi connectivity index (χ3v) is 3.25. The number of tetrazole rings is 1. The summed E-state index contributed by atoms with van der Waals surface area (Å²) < 4.78 is 11.8. The first-order valence-electron chi connectivity index (χ1n) is 6.58. The molecule has 2 heterocycles. The van der Waals surface area contributed by atoms with E-state index in [2.05, 4.69) is 20.7 Å². The van der Waals surface area contributed by atoms with E-state index in [0.717, 1.165) is 5.56 Å². The Bertz CT molecular complexity index is 775. The van der Waals surface area contributed by atoms with Crippen molar-refractivity contribution in [3.05, 3.63) is 53.2 Å². The molecule has 2 aromatic heterocycles. The third kappa shape index (κ3) is 2.58. The number of nitrogens with zero attached hydrogens (tertiary/aromatic N) is 5. The summed E-state index contributed by atoms with van der Waals surface area (Å²) in [7, 11) is 0. The lowest BCUT2D eigenvalue weighted by Crippen LogP contribution is -2.10. The molecule has 0 aliphatic rings. The molecule has 8 nitrogen and oxygen atoms in total. The molecule has 0 N–H and O–H groups in total. The van der Waals surface area contributed by atoms with E-state index in [1.54, 1.807) is 38.1 Å². The van der Waals surface area contributed by atoms with E-state index < -0.39 is 5.97 Å². The molecular weight excluding hydrogens is 286 g/mol. The second kappa shape index (κ2) is 5.76. The first-order chi connectivity index (χ1) is 10.7. The number of carbonyl (C=O) groups is 1. The highest BCUT2D eigenvalue weighted by Gasteiger charge is 2.17. The van der Waals surface area contributed by atoms with Crippen LogP contribution in [0.2, 0.25) is 0 Å². The van der Waals surface area contributed by atoms with Crippen LogP contribution >= 0.6 is 0 Å². The molecular formula is C14H13N5O3. The number of ether oxygens (including phenoxy) is 1. The van der Waals surface area contributed by atoms with Gasteiger partial charge in [0.15, 0.2) is 0 Å². The molecule has 1 aromatic carbocycles. The Labute approximate surface area is 125 Å². The van der Waals surface area contributed by atoms with Crippen molar-refractivity contribution in [2.45, 2.75) is 20.5 Å². The number of esters is 1. The maximum atomic E-state index is 12.3. The van der Waals surface area contributed by atoms with Crippen molar-refractivity contribution in [3.63, 3.8) is 0 Å². The van der Waals surface area contributed by atoms with Gasteiger partial charge in [0.1, 0.15) is 18.7 Å². The Morgan fingerprint density at radius 2 is 2.14 bits per heavy atom. The van der Waals surface area contributed by atoms with Gasteiger partial charge >= 0.3 is 5.97 Å². The van der Waals surface area contributed by atoms with Crippen molar-refractivity contribution in [2.24, 2.45) is 0 Å². The number of benzene rings is 1. The Morgan fingerprint density at radius 1 is 1.32 bits per heavy atom. The van der Waals surface area contributed by atoms with Crippen molar-refractivity contribution in [2.75, 3.05) is 0 Å². The summed E-state index contributed by atoms with van der Waals surface area (Å²) in [5.74, 6) is 0.171. The van der Waals surface area contributed by atoms with Crippen molar-refractivity contribution >= 4 is 5.97 Å². The average molecular weight is 299 g/mol. The molecule has 22 heavy (non-hydrogen) atoms. The van der Waals surface area contributed by atoms with Gasteiger partial charge in [-0.3, -0.25) is 0 Å². The van der Waals surface area contributed by atoms with Crippen LogP contribution in [-0.4, -0.2) is 31.3 Å². The molecule has 0 aliphatic heterocycles. The summed E-state index contributed by atoms with van der Waals surface area (Å²) in [6.07, 6.45) is 1.42. The number of rotatable bonds is 4. The minimum Gasteiger partial charge on any atom is -0.457 e. The van der Waals surface area contributed by atoms with Crippen molar-refractivity contribution in [1.29, 1.82) is 0 Å². The minimum atomic E-state index is -0.467. The van der Waals surface area contributed by atoms with E-state index >= 15 is 0 Å². The smallest absolute Gasteiger partial charge is 0.340 e. The highest BCUT2D eigenvalue weighted by Crippen LogP contribution is 2.17. The number of hydrogen-bond donors (Lipinski definition) is 0. The molecule has 0 aliphatic carbocycles. The zero-order chi connectivity index (χ0) is 15.5. The molecule has 0 radical (unpaired) electrons. The van der Waals surface area contributed by atoms with Gasteiger partial charge < -0.3 is 9.26 Å². The Hall–Kier alpha value is -3.03. The van der Waals surface area contributed by atoms with E-state index in [9.17, 15) is 4.79 Å². The van der Waals surface area contributed by atoms with Crippen LogP contribution in [0.5, 0.6) is 0 Å². The molecule has 0 unspecified atom stereocenters. The van der Waals surface area contributed by atoms with Crippen molar-refractivity contribution in [1.82, 2.24) is 25.4 Å². The molecule has 0 saturated carbocycles. The average Bonchev–Trinajstić information content (AvgIpc) is 3.16. The zero-order valence-corrected chi connectivity index (χ0v) is 12.1. The summed E-state index contributed by atoms with van der Waals surface area (Å²) in [5, 5.41) is 14.8. The molecule has 0 amide bonds. The molecule has 0 atom stereocenters. The monoisotopic (exact) mass is 299 g/mol. The van der Waals surface area contributed by atoms with Gasteiger partial charge in [0.25, 0.3) is 0 Å². The molecule has 0 saturated heterocycles. The highest BCUT2D eigenvalue weighted by atomic mass is 16.5. The molecule has 3 rings (SSSR count). The molecule has 3 aromatic rings. The van der Waals surface area contributed by atoms with Crippen molar-refractivity contribution < 1.29 is 14.1 Å².